The van der Waals surface area contributed by atoms with Gasteiger partial charge < -0.3 is 10.6 Å². The van der Waals surface area contributed by atoms with Crippen LogP contribution in [0.2, 0.25) is 0 Å². The van der Waals surface area contributed by atoms with Crippen molar-refractivity contribution in [3.05, 3.63) is 0 Å². The first-order valence-electron chi connectivity index (χ1n) is 5.74. The molecule has 1 fully saturated rings. The maximum Gasteiger partial charge on any atom is 0.314 e. The van der Waals surface area contributed by atoms with Gasteiger partial charge in [-0.2, -0.15) is 0 Å². The first-order chi connectivity index (χ1) is 6.72. The fourth-order valence-electron chi connectivity index (χ4n) is 1.79. The van der Waals surface area contributed by atoms with Gasteiger partial charge in [0.2, 0.25) is 0 Å². The molecule has 0 atom stereocenters. The van der Waals surface area contributed by atoms with E-state index in [1.807, 2.05) is 0 Å². The third kappa shape index (κ3) is 3.56. The van der Waals surface area contributed by atoms with Crippen LogP contribution in [0, 0.1) is 5.41 Å². The topological polar surface area (TPSA) is 41.1 Å². The van der Waals surface area contributed by atoms with Crippen LogP contribution < -0.4 is 10.6 Å². The second kappa shape index (κ2) is 5.23. The van der Waals surface area contributed by atoms with Gasteiger partial charge in [0.25, 0.3) is 0 Å². The standard InChI is InChI=1S/C11H22N2O/c1-3-5-11(6-7-11)9-13-10(14)12-8-4-2/h3-9H2,1-2H3,(H2,12,13,14). The van der Waals surface area contributed by atoms with Crippen LogP contribution in [0.15, 0.2) is 0 Å². The summed E-state index contributed by atoms with van der Waals surface area (Å²) >= 11 is 0. The molecule has 0 unspecified atom stereocenters. The van der Waals surface area contributed by atoms with Gasteiger partial charge >= 0.3 is 6.03 Å². The van der Waals surface area contributed by atoms with Crippen LogP contribution >= 0.6 is 0 Å². The molecule has 1 saturated carbocycles. The number of carbonyl (C=O) groups excluding carboxylic acids is 1. The van der Waals surface area contributed by atoms with Crippen LogP contribution in [0.3, 0.4) is 0 Å². The molecule has 3 nitrogen and oxygen atoms in total. The van der Waals surface area contributed by atoms with Gasteiger partial charge in [-0.05, 0) is 31.1 Å². The lowest BCUT2D eigenvalue weighted by Crippen LogP contribution is -2.39. The lowest BCUT2D eigenvalue weighted by Gasteiger charge is -2.15. The highest BCUT2D eigenvalue weighted by molar-refractivity contribution is 5.73. The predicted molar refractivity (Wildman–Crippen MR) is 58.3 cm³/mol. The first kappa shape index (κ1) is 11.3. The quantitative estimate of drug-likeness (QED) is 0.675. The zero-order valence-electron chi connectivity index (χ0n) is 9.36. The van der Waals surface area contributed by atoms with Crippen LogP contribution in [-0.4, -0.2) is 19.1 Å². The molecule has 3 heteroatoms. The molecule has 1 rings (SSSR count). The summed E-state index contributed by atoms with van der Waals surface area (Å²) in [4.78, 5) is 11.3. The largest absolute Gasteiger partial charge is 0.338 e. The molecule has 0 aromatic carbocycles. The monoisotopic (exact) mass is 198 g/mol. The molecular weight excluding hydrogens is 176 g/mol. The van der Waals surface area contributed by atoms with E-state index >= 15 is 0 Å². The molecule has 82 valence electrons. The highest BCUT2D eigenvalue weighted by atomic mass is 16.2. The van der Waals surface area contributed by atoms with E-state index < -0.39 is 0 Å². The number of hydrogen-bond donors (Lipinski definition) is 2. The predicted octanol–water partition coefficient (Wildman–Crippen LogP) is 2.28. The molecule has 0 aliphatic heterocycles. The molecule has 0 radical (unpaired) electrons. The minimum atomic E-state index is -0.00534. The van der Waals surface area contributed by atoms with E-state index in [0.29, 0.717) is 5.41 Å². The van der Waals surface area contributed by atoms with E-state index in [1.165, 1.54) is 25.7 Å². The Bertz CT molecular complexity index is 188. The van der Waals surface area contributed by atoms with E-state index in [-0.39, 0.29) is 6.03 Å². The van der Waals surface area contributed by atoms with Crippen molar-refractivity contribution < 1.29 is 4.79 Å². The number of urea groups is 1. The van der Waals surface area contributed by atoms with Gasteiger partial charge in [0.1, 0.15) is 0 Å². The number of nitrogens with one attached hydrogen (secondary N) is 2. The van der Waals surface area contributed by atoms with Crippen LogP contribution in [0.1, 0.15) is 46.0 Å². The van der Waals surface area contributed by atoms with Crippen molar-refractivity contribution >= 4 is 6.03 Å². The Morgan fingerprint density at radius 3 is 2.43 bits per heavy atom. The minimum absolute atomic E-state index is 0.00534. The van der Waals surface area contributed by atoms with Crippen molar-refractivity contribution in [2.24, 2.45) is 5.41 Å². The molecule has 2 N–H and O–H groups in total. The van der Waals surface area contributed by atoms with E-state index in [2.05, 4.69) is 24.5 Å². The molecule has 0 bridgehead atoms. The van der Waals surface area contributed by atoms with Crippen molar-refractivity contribution in [1.82, 2.24) is 10.6 Å². The number of carbonyl (C=O) groups is 1. The van der Waals surface area contributed by atoms with Gasteiger partial charge in [-0.15, -0.1) is 0 Å². The summed E-state index contributed by atoms with van der Waals surface area (Å²) in [6.45, 7) is 5.89. The summed E-state index contributed by atoms with van der Waals surface area (Å²) in [6.07, 6.45) is 6.04. The zero-order chi connectivity index (χ0) is 10.4. The van der Waals surface area contributed by atoms with Crippen molar-refractivity contribution in [2.75, 3.05) is 13.1 Å². The van der Waals surface area contributed by atoms with E-state index in [4.69, 9.17) is 0 Å². The minimum Gasteiger partial charge on any atom is -0.338 e. The molecule has 0 saturated heterocycles. The fraction of sp³-hybridized carbons (Fsp3) is 0.909. The maximum atomic E-state index is 11.3. The Kier molecular flexibility index (Phi) is 4.23. The van der Waals surface area contributed by atoms with Crippen molar-refractivity contribution in [3.8, 4) is 0 Å². The third-order valence-corrected chi connectivity index (χ3v) is 2.90. The lowest BCUT2D eigenvalue weighted by molar-refractivity contribution is 0.237. The van der Waals surface area contributed by atoms with Crippen LogP contribution in [0.4, 0.5) is 4.79 Å². The zero-order valence-corrected chi connectivity index (χ0v) is 9.36. The SMILES string of the molecule is CCCNC(=O)NCC1(CCC)CC1. The highest BCUT2D eigenvalue weighted by Gasteiger charge is 2.41. The van der Waals surface area contributed by atoms with E-state index in [9.17, 15) is 4.79 Å². The van der Waals surface area contributed by atoms with Crippen LogP contribution in [0.25, 0.3) is 0 Å². The highest BCUT2D eigenvalue weighted by Crippen LogP contribution is 2.48. The van der Waals surface area contributed by atoms with Gasteiger partial charge in [-0.25, -0.2) is 4.79 Å². The van der Waals surface area contributed by atoms with Crippen molar-refractivity contribution in [1.29, 1.82) is 0 Å². The molecular formula is C11H22N2O. The van der Waals surface area contributed by atoms with E-state index in [0.717, 1.165) is 19.5 Å². The number of amides is 2. The summed E-state index contributed by atoms with van der Waals surface area (Å²) < 4.78 is 0. The number of hydrogen-bond acceptors (Lipinski definition) is 1. The maximum absolute atomic E-state index is 11.3. The van der Waals surface area contributed by atoms with E-state index in [1.54, 1.807) is 0 Å². The van der Waals surface area contributed by atoms with Gasteiger partial charge in [-0.3, -0.25) is 0 Å². The van der Waals surface area contributed by atoms with Gasteiger partial charge in [0.15, 0.2) is 0 Å². The normalized spacial score (nSPS) is 17.6. The average molecular weight is 198 g/mol. The third-order valence-electron chi connectivity index (χ3n) is 2.90. The van der Waals surface area contributed by atoms with Gasteiger partial charge in [-0.1, -0.05) is 20.3 Å². The summed E-state index contributed by atoms with van der Waals surface area (Å²) in [5, 5.41) is 5.78. The fourth-order valence-corrected chi connectivity index (χ4v) is 1.79. The molecule has 0 spiro atoms. The smallest absolute Gasteiger partial charge is 0.314 e. The average Bonchev–Trinajstić information content (AvgIpc) is 2.93. The Morgan fingerprint density at radius 1 is 1.21 bits per heavy atom. The Labute approximate surface area is 86.6 Å². The van der Waals surface area contributed by atoms with Crippen molar-refractivity contribution in [2.45, 2.75) is 46.0 Å². The molecule has 2 amide bonds. The Morgan fingerprint density at radius 2 is 1.93 bits per heavy atom. The number of rotatable bonds is 6. The van der Waals surface area contributed by atoms with Crippen molar-refractivity contribution in [3.63, 3.8) is 0 Å². The van der Waals surface area contributed by atoms with Gasteiger partial charge in [0, 0.05) is 13.1 Å². The second-order valence-electron chi connectivity index (χ2n) is 4.36. The molecule has 1 aliphatic carbocycles. The molecule has 14 heavy (non-hydrogen) atoms. The summed E-state index contributed by atoms with van der Waals surface area (Å²) in [7, 11) is 0. The molecule has 0 aromatic heterocycles. The van der Waals surface area contributed by atoms with Gasteiger partial charge in [0.05, 0.1) is 0 Å². The molecule has 1 aliphatic rings. The molecule has 0 heterocycles. The molecule has 0 aromatic rings. The second-order valence-corrected chi connectivity index (χ2v) is 4.36. The Hall–Kier alpha value is -0.730. The summed E-state index contributed by atoms with van der Waals surface area (Å²) in [6, 6.07) is -0.00534. The lowest BCUT2D eigenvalue weighted by atomic mass is 10.0. The summed E-state index contributed by atoms with van der Waals surface area (Å²) in [5.41, 5.74) is 0.457. The first-order valence-corrected chi connectivity index (χ1v) is 5.74. The van der Waals surface area contributed by atoms with Crippen LogP contribution in [0.5, 0.6) is 0 Å². The van der Waals surface area contributed by atoms with Crippen LogP contribution in [-0.2, 0) is 0 Å². The Balaban J connectivity index is 2.10. The summed E-state index contributed by atoms with van der Waals surface area (Å²) in [5.74, 6) is 0.